The zero-order valence-electron chi connectivity index (χ0n) is 11.1. The molecule has 1 aliphatic rings. The Balaban J connectivity index is 1.93. The first-order valence-corrected chi connectivity index (χ1v) is 7.01. The standard InChI is InChI=1S/C13H14N4O2S/c1-6-15-9-4-8(7(14)3-11(9)20-6)16-10-5-12(18)17(2)13(10)19/h3-4,10,16H,5,14H2,1-2H3. The van der Waals surface area contributed by atoms with Crippen LogP contribution in [0.15, 0.2) is 12.1 Å². The van der Waals surface area contributed by atoms with Gasteiger partial charge in [0, 0.05) is 7.05 Å². The molecule has 2 amide bonds. The van der Waals surface area contributed by atoms with Crippen LogP contribution in [-0.4, -0.2) is 34.8 Å². The van der Waals surface area contributed by atoms with Crippen LogP contribution in [0.5, 0.6) is 0 Å². The number of amides is 2. The van der Waals surface area contributed by atoms with Gasteiger partial charge in [-0.3, -0.25) is 14.5 Å². The molecule has 1 saturated heterocycles. The molecular formula is C13H14N4O2S. The van der Waals surface area contributed by atoms with E-state index in [1.807, 2.05) is 19.1 Å². The third kappa shape index (κ3) is 2.00. The maximum Gasteiger partial charge on any atom is 0.251 e. The van der Waals surface area contributed by atoms with Gasteiger partial charge in [0.1, 0.15) is 6.04 Å². The summed E-state index contributed by atoms with van der Waals surface area (Å²) in [5.74, 6) is -0.416. The van der Waals surface area contributed by atoms with Crippen molar-refractivity contribution in [3.05, 3.63) is 17.1 Å². The molecule has 1 atom stereocenters. The predicted molar refractivity (Wildman–Crippen MR) is 78.6 cm³/mol. The Morgan fingerprint density at radius 2 is 2.20 bits per heavy atom. The van der Waals surface area contributed by atoms with E-state index in [9.17, 15) is 9.59 Å². The molecule has 0 spiro atoms. The number of fused-ring (bicyclic) bond motifs is 1. The van der Waals surface area contributed by atoms with Crippen LogP contribution in [0.4, 0.5) is 11.4 Å². The quantitative estimate of drug-likeness (QED) is 0.644. The molecule has 3 N–H and O–H groups in total. The lowest BCUT2D eigenvalue weighted by molar-refractivity contribution is -0.136. The smallest absolute Gasteiger partial charge is 0.251 e. The lowest BCUT2D eigenvalue weighted by Crippen LogP contribution is -2.31. The van der Waals surface area contributed by atoms with Crippen molar-refractivity contribution in [2.75, 3.05) is 18.1 Å². The van der Waals surface area contributed by atoms with Gasteiger partial charge in [-0.05, 0) is 19.1 Å². The zero-order chi connectivity index (χ0) is 14.4. The van der Waals surface area contributed by atoms with E-state index in [1.165, 1.54) is 7.05 Å². The number of aryl methyl sites for hydroxylation is 1. The van der Waals surface area contributed by atoms with E-state index in [4.69, 9.17) is 5.73 Å². The van der Waals surface area contributed by atoms with Crippen molar-refractivity contribution in [3.63, 3.8) is 0 Å². The van der Waals surface area contributed by atoms with Crippen molar-refractivity contribution in [3.8, 4) is 0 Å². The molecule has 1 aliphatic heterocycles. The molecule has 104 valence electrons. The van der Waals surface area contributed by atoms with Gasteiger partial charge in [-0.25, -0.2) is 4.98 Å². The number of nitrogen functional groups attached to an aromatic ring is 1. The van der Waals surface area contributed by atoms with Gasteiger partial charge in [0.25, 0.3) is 5.91 Å². The minimum absolute atomic E-state index is 0.156. The molecule has 7 heteroatoms. The summed E-state index contributed by atoms with van der Waals surface area (Å²) in [6, 6.07) is 3.12. The Morgan fingerprint density at radius 3 is 2.85 bits per heavy atom. The summed E-state index contributed by atoms with van der Waals surface area (Å²) in [6.45, 7) is 1.93. The molecule has 3 rings (SSSR count). The lowest BCUT2D eigenvalue weighted by atomic mass is 10.2. The highest BCUT2D eigenvalue weighted by Gasteiger charge is 2.36. The first kappa shape index (κ1) is 12.9. The molecule has 0 radical (unpaired) electrons. The summed E-state index contributed by atoms with van der Waals surface area (Å²) in [4.78, 5) is 28.9. The maximum atomic E-state index is 11.9. The number of rotatable bonds is 2. The Kier molecular flexibility index (Phi) is 2.86. The normalized spacial score (nSPS) is 19.1. The fourth-order valence-corrected chi connectivity index (χ4v) is 3.14. The highest BCUT2D eigenvalue weighted by Crippen LogP contribution is 2.31. The fourth-order valence-electron chi connectivity index (χ4n) is 2.29. The number of likely N-dealkylation sites (N-methyl/N-ethyl adjacent to an activating group) is 1. The van der Waals surface area contributed by atoms with E-state index in [2.05, 4.69) is 10.3 Å². The minimum Gasteiger partial charge on any atom is -0.397 e. The minimum atomic E-state index is -0.549. The number of benzene rings is 1. The van der Waals surface area contributed by atoms with Crippen LogP contribution in [0.2, 0.25) is 0 Å². The van der Waals surface area contributed by atoms with Crippen LogP contribution >= 0.6 is 11.3 Å². The third-order valence-electron chi connectivity index (χ3n) is 3.38. The van der Waals surface area contributed by atoms with E-state index in [0.717, 1.165) is 20.1 Å². The molecule has 1 unspecified atom stereocenters. The highest BCUT2D eigenvalue weighted by atomic mass is 32.1. The second-order valence-electron chi connectivity index (χ2n) is 4.83. The number of thiazole rings is 1. The van der Waals surface area contributed by atoms with E-state index >= 15 is 0 Å². The van der Waals surface area contributed by atoms with Crippen molar-refractivity contribution in [1.82, 2.24) is 9.88 Å². The molecule has 2 heterocycles. The maximum absolute atomic E-state index is 11.9. The van der Waals surface area contributed by atoms with Gasteiger partial charge in [0.05, 0.1) is 33.0 Å². The van der Waals surface area contributed by atoms with Gasteiger partial charge in [-0.2, -0.15) is 0 Å². The molecule has 2 aromatic rings. The van der Waals surface area contributed by atoms with E-state index < -0.39 is 6.04 Å². The molecule has 1 fully saturated rings. The van der Waals surface area contributed by atoms with Crippen LogP contribution in [0.3, 0.4) is 0 Å². The molecule has 1 aromatic heterocycles. The van der Waals surface area contributed by atoms with Crippen LogP contribution in [-0.2, 0) is 9.59 Å². The second-order valence-corrected chi connectivity index (χ2v) is 6.07. The summed E-state index contributed by atoms with van der Waals surface area (Å²) >= 11 is 1.57. The zero-order valence-corrected chi connectivity index (χ0v) is 12.0. The molecule has 1 aromatic carbocycles. The molecular weight excluding hydrogens is 276 g/mol. The van der Waals surface area contributed by atoms with Gasteiger partial charge < -0.3 is 11.1 Å². The summed E-state index contributed by atoms with van der Waals surface area (Å²) in [5, 5.41) is 4.01. The number of carbonyl (C=O) groups is 2. The van der Waals surface area contributed by atoms with Crippen LogP contribution in [0.25, 0.3) is 10.2 Å². The number of hydrogen-bond acceptors (Lipinski definition) is 6. The molecule has 6 nitrogen and oxygen atoms in total. The number of imide groups is 1. The van der Waals surface area contributed by atoms with Crippen molar-refractivity contribution >= 4 is 44.7 Å². The monoisotopic (exact) mass is 290 g/mol. The van der Waals surface area contributed by atoms with Crippen LogP contribution in [0.1, 0.15) is 11.4 Å². The Morgan fingerprint density at radius 1 is 1.45 bits per heavy atom. The van der Waals surface area contributed by atoms with Crippen molar-refractivity contribution < 1.29 is 9.59 Å². The number of aromatic nitrogens is 1. The van der Waals surface area contributed by atoms with Gasteiger partial charge in [-0.15, -0.1) is 11.3 Å². The van der Waals surface area contributed by atoms with Gasteiger partial charge >= 0.3 is 0 Å². The predicted octanol–water partition coefficient (Wildman–Crippen LogP) is 1.36. The van der Waals surface area contributed by atoms with E-state index in [0.29, 0.717) is 11.4 Å². The van der Waals surface area contributed by atoms with Crippen molar-refractivity contribution in [2.45, 2.75) is 19.4 Å². The molecule has 0 aliphatic carbocycles. The number of nitrogens with one attached hydrogen (secondary N) is 1. The number of nitrogens with two attached hydrogens (primary N) is 1. The van der Waals surface area contributed by atoms with Gasteiger partial charge in [0.2, 0.25) is 5.91 Å². The van der Waals surface area contributed by atoms with Crippen LogP contribution < -0.4 is 11.1 Å². The van der Waals surface area contributed by atoms with Gasteiger partial charge in [0.15, 0.2) is 0 Å². The number of hydrogen-bond donors (Lipinski definition) is 2. The number of carbonyl (C=O) groups excluding carboxylic acids is 2. The number of likely N-dealkylation sites (tertiary alicyclic amines) is 1. The second kappa shape index (κ2) is 4.45. The van der Waals surface area contributed by atoms with Crippen molar-refractivity contribution in [1.29, 1.82) is 0 Å². The number of anilines is 2. The Hall–Kier alpha value is -2.15. The largest absolute Gasteiger partial charge is 0.397 e. The topological polar surface area (TPSA) is 88.3 Å². The fraction of sp³-hybridized carbons (Fsp3) is 0.308. The summed E-state index contributed by atoms with van der Waals surface area (Å²) in [7, 11) is 1.49. The average molecular weight is 290 g/mol. The SMILES string of the molecule is Cc1nc2cc(NC3CC(=O)N(C)C3=O)c(N)cc2s1. The summed E-state index contributed by atoms with van der Waals surface area (Å²) < 4.78 is 1.01. The highest BCUT2D eigenvalue weighted by molar-refractivity contribution is 7.18. The van der Waals surface area contributed by atoms with Crippen molar-refractivity contribution in [2.24, 2.45) is 0 Å². The van der Waals surface area contributed by atoms with Gasteiger partial charge in [-0.1, -0.05) is 0 Å². The van der Waals surface area contributed by atoms with E-state index in [-0.39, 0.29) is 18.2 Å². The average Bonchev–Trinajstić information content (AvgIpc) is 2.85. The summed E-state index contributed by atoms with van der Waals surface area (Å²) in [6.07, 6.45) is 0.156. The number of nitrogens with zero attached hydrogens (tertiary/aromatic N) is 2. The Labute approximate surface area is 119 Å². The van der Waals surface area contributed by atoms with E-state index in [1.54, 1.807) is 11.3 Å². The first-order valence-electron chi connectivity index (χ1n) is 6.19. The summed E-state index contributed by atoms with van der Waals surface area (Å²) in [5.41, 5.74) is 8.03. The molecule has 0 saturated carbocycles. The molecule has 0 bridgehead atoms. The Bertz CT molecular complexity index is 724. The lowest BCUT2D eigenvalue weighted by Gasteiger charge is -2.14. The molecule has 20 heavy (non-hydrogen) atoms. The third-order valence-corrected chi connectivity index (χ3v) is 4.31. The first-order chi connectivity index (χ1) is 9.45. The van der Waals surface area contributed by atoms with Crippen LogP contribution in [0, 0.1) is 6.92 Å².